The lowest BCUT2D eigenvalue weighted by Crippen LogP contribution is -2.14. The highest BCUT2D eigenvalue weighted by Gasteiger charge is 2.21. The zero-order valence-electron chi connectivity index (χ0n) is 10.5. The molecule has 0 saturated heterocycles. The second kappa shape index (κ2) is 6.08. The molecule has 0 atom stereocenters. The predicted octanol–water partition coefficient (Wildman–Crippen LogP) is 1.11. The van der Waals surface area contributed by atoms with E-state index in [1.54, 1.807) is 6.07 Å². The van der Waals surface area contributed by atoms with Crippen molar-refractivity contribution in [1.29, 1.82) is 0 Å². The molecule has 0 spiro atoms. The van der Waals surface area contributed by atoms with Crippen LogP contribution in [0.25, 0.3) is 11.1 Å². The lowest BCUT2D eigenvalue weighted by atomic mass is 10.2. The summed E-state index contributed by atoms with van der Waals surface area (Å²) >= 11 is 0. The maximum Gasteiger partial charge on any atom is 0.482 e. The predicted molar refractivity (Wildman–Crippen MR) is 78.3 cm³/mol. The SMILES string of the molecule is O=S(=O)(Cc1ccccc1)Nc1ccc2cc1-2.O[B]O. The smallest absolute Gasteiger partial charge is 0.429 e. The normalized spacial score (nSPS) is 11.1. The summed E-state index contributed by atoms with van der Waals surface area (Å²) in [5, 5.41) is 14.0. The fourth-order valence-corrected chi connectivity index (χ4v) is 3.06. The monoisotopic (exact) mass is 290 g/mol. The Bertz CT molecular complexity index is 689. The molecule has 1 radical (unpaired) electrons. The van der Waals surface area contributed by atoms with Gasteiger partial charge in [0.05, 0.1) is 11.4 Å². The van der Waals surface area contributed by atoms with E-state index in [0.717, 1.165) is 16.7 Å². The van der Waals surface area contributed by atoms with E-state index in [1.165, 1.54) is 0 Å². The van der Waals surface area contributed by atoms with Crippen molar-refractivity contribution >= 4 is 23.4 Å². The van der Waals surface area contributed by atoms with Gasteiger partial charge in [0.25, 0.3) is 0 Å². The third-order valence-electron chi connectivity index (χ3n) is 2.71. The zero-order chi connectivity index (χ0) is 14.6. The fraction of sp³-hybridized carbons (Fsp3) is 0.0769. The molecule has 0 aliphatic heterocycles. The average Bonchev–Trinajstić information content (AvgIpc) is 3.08. The molecule has 3 N–H and O–H groups in total. The Labute approximate surface area is 118 Å². The Morgan fingerprint density at radius 1 is 1.05 bits per heavy atom. The number of fused-ring (bicyclic) bond motifs is 1. The molecule has 5 nitrogen and oxygen atoms in total. The minimum Gasteiger partial charge on any atom is -0.429 e. The van der Waals surface area contributed by atoms with Gasteiger partial charge in [0.15, 0.2) is 0 Å². The van der Waals surface area contributed by atoms with E-state index in [1.807, 2.05) is 42.5 Å². The Balaban J connectivity index is 0.000000452. The van der Waals surface area contributed by atoms with E-state index in [0.29, 0.717) is 5.69 Å². The summed E-state index contributed by atoms with van der Waals surface area (Å²) in [6.45, 7) is 0. The standard InChI is InChI=1S/C13H11NO2S.BH2O2/c15-17(16,9-10-4-2-1-3-5-10)14-13-7-6-11-8-12(11)13;2-1-3/h1-8,14H,9H2;2-3H. The molecule has 3 rings (SSSR count). The molecule has 0 fully saturated rings. The van der Waals surface area contributed by atoms with Crippen LogP contribution in [0.3, 0.4) is 0 Å². The van der Waals surface area contributed by atoms with Gasteiger partial charge in [-0.1, -0.05) is 36.4 Å². The van der Waals surface area contributed by atoms with Gasteiger partial charge in [-0.3, -0.25) is 4.72 Å². The van der Waals surface area contributed by atoms with Crippen LogP contribution in [0.1, 0.15) is 5.56 Å². The Kier molecular flexibility index (Phi) is 4.44. The molecule has 7 heteroatoms. The highest BCUT2D eigenvalue weighted by atomic mass is 32.2. The first-order valence-electron chi connectivity index (χ1n) is 5.84. The summed E-state index contributed by atoms with van der Waals surface area (Å²) in [5.74, 6) is 0.00773. The molecule has 0 amide bonds. The van der Waals surface area contributed by atoms with Gasteiger partial charge < -0.3 is 10.0 Å². The Morgan fingerprint density at radius 2 is 1.70 bits per heavy atom. The number of hydrogen-bond donors (Lipinski definition) is 3. The molecule has 103 valence electrons. The number of hydrogen-bond acceptors (Lipinski definition) is 4. The van der Waals surface area contributed by atoms with Crippen molar-refractivity contribution in [2.24, 2.45) is 0 Å². The molecule has 0 bridgehead atoms. The molecule has 0 saturated carbocycles. The third-order valence-corrected chi connectivity index (χ3v) is 3.96. The van der Waals surface area contributed by atoms with Crippen LogP contribution in [0, 0.1) is 0 Å². The molecule has 1 aromatic carbocycles. The van der Waals surface area contributed by atoms with Crippen LogP contribution in [0.2, 0.25) is 0 Å². The van der Waals surface area contributed by atoms with Crippen molar-refractivity contribution < 1.29 is 18.5 Å². The van der Waals surface area contributed by atoms with E-state index in [-0.39, 0.29) is 13.4 Å². The summed E-state index contributed by atoms with van der Waals surface area (Å²) in [6.07, 6.45) is 0. The highest BCUT2D eigenvalue weighted by Crippen LogP contribution is 2.42. The summed E-state index contributed by atoms with van der Waals surface area (Å²) in [5.41, 5.74) is 3.62. The van der Waals surface area contributed by atoms with Crippen LogP contribution < -0.4 is 4.72 Å². The molecule has 0 heterocycles. The van der Waals surface area contributed by atoms with E-state index in [9.17, 15) is 8.42 Å². The highest BCUT2D eigenvalue weighted by molar-refractivity contribution is 7.91. The van der Waals surface area contributed by atoms with Gasteiger partial charge in [0.2, 0.25) is 10.0 Å². The Morgan fingerprint density at radius 3 is 2.20 bits per heavy atom. The lowest BCUT2D eigenvalue weighted by Gasteiger charge is -2.06. The molecular weight excluding hydrogens is 277 g/mol. The van der Waals surface area contributed by atoms with Gasteiger partial charge >= 0.3 is 7.69 Å². The summed E-state index contributed by atoms with van der Waals surface area (Å²) in [6, 6.07) is 14.8. The molecular formula is C13H13BNO4S. The van der Waals surface area contributed by atoms with Gasteiger partial charge in [-0.05, 0) is 23.3 Å². The van der Waals surface area contributed by atoms with Gasteiger partial charge in [0.1, 0.15) is 0 Å². The van der Waals surface area contributed by atoms with Gasteiger partial charge in [-0.2, -0.15) is 0 Å². The van der Waals surface area contributed by atoms with Crippen molar-refractivity contribution in [2.45, 2.75) is 5.75 Å². The first-order valence-corrected chi connectivity index (χ1v) is 7.50. The molecule has 0 aromatic heterocycles. The average molecular weight is 290 g/mol. The van der Waals surface area contributed by atoms with Crippen molar-refractivity contribution in [2.75, 3.05) is 4.72 Å². The third kappa shape index (κ3) is 3.83. The van der Waals surface area contributed by atoms with E-state index >= 15 is 0 Å². The topological polar surface area (TPSA) is 86.6 Å². The van der Waals surface area contributed by atoms with E-state index in [2.05, 4.69) is 4.72 Å². The second-order valence-corrected chi connectivity index (χ2v) is 5.94. The number of benzene rings is 2. The van der Waals surface area contributed by atoms with Crippen molar-refractivity contribution in [3.8, 4) is 11.1 Å². The van der Waals surface area contributed by atoms with Crippen molar-refractivity contribution in [3.05, 3.63) is 54.1 Å². The van der Waals surface area contributed by atoms with Gasteiger partial charge in [0, 0.05) is 5.56 Å². The van der Waals surface area contributed by atoms with E-state index < -0.39 is 10.0 Å². The lowest BCUT2D eigenvalue weighted by molar-refractivity contribution is 0.448. The molecule has 1 aromatic rings. The first kappa shape index (κ1) is 14.6. The molecule has 2 aliphatic rings. The number of sulfonamides is 1. The van der Waals surface area contributed by atoms with E-state index in [4.69, 9.17) is 10.0 Å². The van der Waals surface area contributed by atoms with Crippen LogP contribution in [0.4, 0.5) is 5.69 Å². The Hall–Kier alpha value is -1.83. The van der Waals surface area contributed by atoms with Crippen molar-refractivity contribution in [1.82, 2.24) is 0 Å². The maximum absolute atomic E-state index is 11.9. The van der Waals surface area contributed by atoms with Crippen LogP contribution in [-0.2, 0) is 15.8 Å². The van der Waals surface area contributed by atoms with Gasteiger partial charge in [-0.15, -0.1) is 0 Å². The quantitative estimate of drug-likeness (QED) is 0.628. The fourth-order valence-electron chi connectivity index (χ4n) is 1.84. The zero-order valence-corrected chi connectivity index (χ0v) is 11.3. The molecule has 2 aliphatic carbocycles. The maximum atomic E-state index is 11.9. The minimum absolute atomic E-state index is 0. The largest absolute Gasteiger partial charge is 0.482 e. The van der Waals surface area contributed by atoms with Crippen molar-refractivity contribution in [3.63, 3.8) is 0 Å². The van der Waals surface area contributed by atoms with Crippen LogP contribution >= 0.6 is 0 Å². The molecule has 20 heavy (non-hydrogen) atoms. The number of rotatable bonds is 4. The van der Waals surface area contributed by atoms with Crippen LogP contribution in [0.15, 0.2) is 48.5 Å². The first-order chi connectivity index (χ1) is 9.55. The van der Waals surface area contributed by atoms with Crippen LogP contribution in [-0.4, -0.2) is 26.2 Å². The summed E-state index contributed by atoms with van der Waals surface area (Å²) in [7, 11) is -3.32. The molecule has 0 unspecified atom stereocenters. The minimum atomic E-state index is -3.32. The second-order valence-electron chi connectivity index (χ2n) is 4.22. The summed E-state index contributed by atoms with van der Waals surface area (Å²) < 4.78 is 26.4. The van der Waals surface area contributed by atoms with Gasteiger partial charge in [-0.25, -0.2) is 8.42 Å². The number of anilines is 1. The summed E-state index contributed by atoms with van der Waals surface area (Å²) in [4.78, 5) is 0. The number of nitrogens with one attached hydrogen (secondary N) is 1. The van der Waals surface area contributed by atoms with Crippen LogP contribution in [0.5, 0.6) is 0 Å².